The summed E-state index contributed by atoms with van der Waals surface area (Å²) in [5.74, 6) is 0.657. The van der Waals surface area contributed by atoms with Gasteiger partial charge < -0.3 is 14.4 Å². The molecule has 4 rings (SSSR count). The number of nitriles is 2. The fourth-order valence-corrected chi connectivity index (χ4v) is 4.50. The van der Waals surface area contributed by atoms with E-state index < -0.39 is 0 Å². The zero-order valence-electron chi connectivity index (χ0n) is 19.7. The number of hydrogen-bond donors (Lipinski definition) is 0. The smallest absolute Gasteiger partial charge is 0.120 e. The molecule has 0 spiro atoms. The van der Waals surface area contributed by atoms with Crippen molar-refractivity contribution < 1.29 is 9.47 Å². The van der Waals surface area contributed by atoms with E-state index in [-0.39, 0.29) is 6.04 Å². The van der Waals surface area contributed by atoms with Gasteiger partial charge in [0.1, 0.15) is 18.4 Å². The molecule has 0 unspecified atom stereocenters. The van der Waals surface area contributed by atoms with Crippen LogP contribution in [-0.2, 0) is 11.3 Å². The van der Waals surface area contributed by atoms with Gasteiger partial charge in [-0.15, -0.1) is 0 Å². The number of piperazine rings is 1. The summed E-state index contributed by atoms with van der Waals surface area (Å²) in [6, 6.07) is 25.9. The lowest BCUT2D eigenvalue weighted by atomic mass is 9.99. The zero-order chi connectivity index (χ0) is 24.6. The third-order valence-corrected chi connectivity index (χ3v) is 6.41. The van der Waals surface area contributed by atoms with E-state index in [2.05, 4.69) is 34.1 Å². The van der Waals surface area contributed by atoms with Crippen LogP contribution in [0.2, 0.25) is 5.02 Å². The lowest BCUT2D eigenvalue weighted by Gasteiger charge is -2.43. The van der Waals surface area contributed by atoms with E-state index in [1.807, 2.05) is 48.5 Å². The van der Waals surface area contributed by atoms with Crippen LogP contribution in [0.4, 0.5) is 5.69 Å². The first-order valence-electron chi connectivity index (χ1n) is 11.5. The number of anilines is 1. The molecule has 1 atom stereocenters. The average molecular weight is 487 g/mol. The Labute approximate surface area is 211 Å². The molecule has 1 aliphatic rings. The van der Waals surface area contributed by atoms with Crippen molar-refractivity contribution in [1.29, 1.82) is 10.5 Å². The molecular formula is C28H27ClN4O2. The van der Waals surface area contributed by atoms with E-state index in [1.54, 1.807) is 13.2 Å². The second-order valence-electron chi connectivity index (χ2n) is 8.44. The standard InChI is InChI=1S/C28H27ClN4O2/c1-34-14-15-35-26-10-11-27(24(16-26)18-31)33-13-12-32(19-22-4-2-21(17-30)3-5-22)20-28(33)23-6-8-25(29)9-7-23/h2-11,16,28H,12-15,19-20H2,1H3/t28-/m0/s1. The van der Waals surface area contributed by atoms with Crippen LogP contribution in [0.3, 0.4) is 0 Å². The van der Waals surface area contributed by atoms with Crippen molar-refractivity contribution in [3.63, 3.8) is 0 Å². The number of hydrogen-bond acceptors (Lipinski definition) is 6. The minimum Gasteiger partial charge on any atom is -0.491 e. The monoisotopic (exact) mass is 486 g/mol. The maximum Gasteiger partial charge on any atom is 0.120 e. The fraction of sp³-hybridized carbons (Fsp3) is 0.286. The molecule has 3 aromatic carbocycles. The summed E-state index contributed by atoms with van der Waals surface area (Å²) in [6.45, 7) is 4.12. The van der Waals surface area contributed by atoms with Crippen molar-refractivity contribution in [3.8, 4) is 17.9 Å². The summed E-state index contributed by atoms with van der Waals surface area (Å²) in [4.78, 5) is 4.71. The highest BCUT2D eigenvalue weighted by Gasteiger charge is 2.30. The Morgan fingerprint density at radius 2 is 1.71 bits per heavy atom. The number of halogens is 1. The summed E-state index contributed by atoms with van der Waals surface area (Å²) in [5, 5.41) is 19.7. The second kappa shape index (κ2) is 11.7. The molecule has 6 nitrogen and oxygen atoms in total. The molecule has 0 aliphatic carbocycles. The third kappa shape index (κ3) is 6.12. The van der Waals surface area contributed by atoms with Crippen LogP contribution < -0.4 is 9.64 Å². The molecule has 35 heavy (non-hydrogen) atoms. The lowest BCUT2D eigenvalue weighted by Crippen LogP contribution is -2.48. The Kier molecular flexibility index (Phi) is 8.23. The van der Waals surface area contributed by atoms with Gasteiger partial charge in [0.25, 0.3) is 0 Å². The van der Waals surface area contributed by atoms with Gasteiger partial charge in [-0.1, -0.05) is 35.9 Å². The maximum absolute atomic E-state index is 9.92. The molecule has 0 saturated carbocycles. The van der Waals surface area contributed by atoms with E-state index in [1.165, 1.54) is 5.56 Å². The van der Waals surface area contributed by atoms with Crippen molar-refractivity contribution in [2.75, 3.05) is 44.9 Å². The van der Waals surface area contributed by atoms with E-state index >= 15 is 0 Å². The molecule has 3 aromatic rings. The van der Waals surface area contributed by atoms with Gasteiger partial charge >= 0.3 is 0 Å². The summed E-state index contributed by atoms with van der Waals surface area (Å²) < 4.78 is 10.8. The summed E-state index contributed by atoms with van der Waals surface area (Å²) in [7, 11) is 1.63. The number of rotatable bonds is 8. The number of methoxy groups -OCH3 is 1. The van der Waals surface area contributed by atoms with Gasteiger partial charge in [0.05, 0.1) is 35.5 Å². The van der Waals surface area contributed by atoms with E-state index in [4.69, 9.17) is 26.3 Å². The normalized spacial score (nSPS) is 15.9. The summed E-state index contributed by atoms with van der Waals surface area (Å²) >= 11 is 6.17. The zero-order valence-corrected chi connectivity index (χ0v) is 20.4. The molecule has 0 radical (unpaired) electrons. The third-order valence-electron chi connectivity index (χ3n) is 6.16. The molecule has 1 heterocycles. The molecule has 0 bridgehead atoms. The van der Waals surface area contributed by atoms with Crippen LogP contribution in [-0.4, -0.2) is 44.9 Å². The first-order chi connectivity index (χ1) is 17.1. The number of ether oxygens (including phenoxy) is 2. The molecule has 0 aromatic heterocycles. The van der Waals surface area contributed by atoms with Crippen LogP contribution in [0.15, 0.2) is 66.7 Å². The molecule has 0 N–H and O–H groups in total. The van der Waals surface area contributed by atoms with E-state index in [0.29, 0.717) is 35.1 Å². The molecule has 178 valence electrons. The lowest BCUT2D eigenvalue weighted by molar-refractivity contribution is 0.146. The molecule has 1 saturated heterocycles. The maximum atomic E-state index is 9.92. The largest absolute Gasteiger partial charge is 0.491 e. The minimum absolute atomic E-state index is 0.0479. The Morgan fingerprint density at radius 1 is 0.943 bits per heavy atom. The van der Waals surface area contributed by atoms with Gasteiger partial charge in [0.15, 0.2) is 0 Å². The Bertz CT molecular complexity index is 1220. The quantitative estimate of drug-likeness (QED) is 0.409. The molecular weight excluding hydrogens is 460 g/mol. The predicted octanol–water partition coefficient (Wildman–Crippen LogP) is 5.17. The van der Waals surface area contributed by atoms with Gasteiger partial charge in [0, 0.05) is 38.3 Å². The Hall–Kier alpha value is -3.55. The Balaban J connectivity index is 1.59. The highest BCUT2D eigenvalue weighted by atomic mass is 35.5. The van der Waals surface area contributed by atoms with Crippen LogP contribution in [0.25, 0.3) is 0 Å². The highest BCUT2D eigenvalue weighted by Crippen LogP contribution is 2.35. The fourth-order valence-electron chi connectivity index (χ4n) is 4.37. The molecule has 0 amide bonds. The van der Waals surface area contributed by atoms with E-state index in [0.717, 1.165) is 37.4 Å². The second-order valence-corrected chi connectivity index (χ2v) is 8.87. The SMILES string of the molecule is COCCOc1ccc(N2CCN(Cc3ccc(C#N)cc3)C[C@H]2c2ccc(Cl)cc2)c(C#N)c1. The Morgan fingerprint density at radius 3 is 2.40 bits per heavy atom. The predicted molar refractivity (Wildman–Crippen MR) is 137 cm³/mol. The molecule has 1 fully saturated rings. The first-order valence-corrected chi connectivity index (χ1v) is 11.9. The summed E-state index contributed by atoms with van der Waals surface area (Å²) in [6.07, 6.45) is 0. The minimum atomic E-state index is 0.0479. The molecule has 1 aliphatic heterocycles. The van der Waals surface area contributed by atoms with Crippen molar-refractivity contribution >= 4 is 17.3 Å². The van der Waals surface area contributed by atoms with Gasteiger partial charge in [-0.3, -0.25) is 4.90 Å². The van der Waals surface area contributed by atoms with Crippen molar-refractivity contribution in [1.82, 2.24) is 4.90 Å². The van der Waals surface area contributed by atoms with Crippen molar-refractivity contribution in [2.24, 2.45) is 0 Å². The number of benzene rings is 3. The van der Waals surface area contributed by atoms with Gasteiger partial charge in [-0.25, -0.2) is 0 Å². The van der Waals surface area contributed by atoms with Crippen LogP contribution in [0.1, 0.15) is 28.3 Å². The molecule has 7 heteroatoms. The van der Waals surface area contributed by atoms with Gasteiger partial charge in [-0.05, 0) is 53.6 Å². The average Bonchev–Trinajstić information content (AvgIpc) is 2.90. The van der Waals surface area contributed by atoms with Gasteiger partial charge in [0.2, 0.25) is 0 Å². The summed E-state index contributed by atoms with van der Waals surface area (Å²) in [5.41, 5.74) is 4.45. The van der Waals surface area contributed by atoms with Crippen LogP contribution in [0.5, 0.6) is 5.75 Å². The van der Waals surface area contributed by atoms with Crippen molar-refractivity contribution in [2.45, 2.75) is 12.6 Å². The van der Waals surface area contributed by atoms with Crippen molar-refractivity contribution in [3.05, 3.63) is 94.0 Å². The van der Waals surface area contributed by atoms with Crippen LogP contribution in [0, 0.1) is 22.7 Å². The van der Waals surface area contributed by atoms with E-state index in [9.17, 15) is 5.26 Å². The number of nitrogens with zero attached hydrogens (tertiary/aromatic N) is 4. The first kappa shape index (κ1) is 24.6. The van der Waals surface area contributed by atoms with Gasteiger partial charge in [-0.2, -0.15) is 10.5 Å². The van der Waals surface area contributed by atoms with Crippen LogP contribution >= 0.6 is 11.6 Å². The topological polar surface area (TPSA) is 72.5 Å². The highest BCUT2D eigenvalue weighted by molar-refractivity contribution is 6.30.